The maximum Gasteiger partial charge on any atom is 0.115 e. The third-order valence-electron chi connectivity index (χ3n) is 3.54. The first-order valence-corrected chi connectivity index (χ1v) is 7.97. The van der Waals surface area contributed by atoms with E-state index in [1.807, 2.05) is 6.07 Å². The van der Waals surface area contributed by atoms with Crippen LogP contribution < -0.4 is 5.32 Å². The third kappa shape index (κ3) is 8.75. The number of aromatic nitrogens is 2. The molecule has 0 aromatic carbocycles. The van der Waals surface area contributed by atoms with Gasteiger partial charge in [0.25, 0.3) is 0 Å². The molecule has 0 aliphatic heterocycles. The predicted molar refractivity (Wildman–Crippen MR) is 83.9 cm³/mol. The number of hydrogen-bond donors (Lipinski definition) is 2. The van der Waals surface area contributed by atoms with Crippen LogP contribution in [0.15, 0.2) is 18.6 Å². The van der Waals surface area contributed by atoms with Gasteiger partial charge in [-0.25, -0.2) is 9.97 Å². The van der Waals surface area contributed by atoms with Gasteiger partial charge in [-0.05, 0) is 18.4 Å². The van der Waals surface area contributed by atoms with Crippen LogP contribution >= 0.6 is 0 Å². The van der Waals surface area contributed by atoms with E-state index >= 15 is 0 Å². The maximum absolute atomic E-state index is 9.87. The lowest BCUT2D eigenvalue weighted by atomic mass is 10.0. The molecule has 0 aliphatic carbocycles. The highest BCUT2D eigenvalue weighted by atomic mass is 16.5. The lowest BCUT2D eigenvalue weighted by Crippen LogP contribution is -2.31. The molecule has 1 aromatic heterocycles. The topological polar surface area (TPSA) is 67.3 Å². The van der Waals surface area contributed by atoms with Crippen LogP contribution in [0.3, 0.4) is 0 Å². The van der Waals surface area contributed by atoms with Gasteiger partial charge in [-0.3, -0.25) is 0 Å². The first kappa shape index (κ1) is 18.0. The Balaban J connectivity index is 2.06. The van der Waals surface area contributed by atoms with Gasteiger partial charge in [-0.15, -0.1) is 0 Å². The van der Waals surface area contributed by atoms with Crippen LogP contribution in [0.5, 0.6) is 0 Å². The van der Waals surface area contributed by atoms with Gasteiger partial charge in [0.15, 0.2) is 0 Å². The predicted octanol–water partition coefficient (Wildman–Crippen LogP) is 2.16. The Morgan fingerprint density at radius 1 is 1.33 bits per heavy atom. The number of nitrogens with zero attached hydrogens (tertiary/aromatic N) is 2. The van der Waals surface area contributed by atoms with E-state index in [1.165, 1.54) is 25.6 Å². The molecule has 0 saturated heterocycles. The summed E-state index contributed by atoms with van der Waals surface area (Å²) in [5.74, 6) is 0.617. The largest absolute Gasteiger partial charge is 0.389 e. The normalized spacial score (nSPS) is 14.0. The van der Waals surface area contributed by atoms with Crippen molar-refractivity contribution in [1.29, 1.82) is 0 Å². The number of ether oxygens (including phenoxy) is 1. The number of rotatable bonds is 12. The molecular formula is C16H29N3O2. The maximum atomic E-state index is 9.87. The van der Waals surface area contributed by atoms with E-state index in [0.717, 1.165) is 18.7 Å². The zero-order valence-electron chi connectivity index (χ0n) is 13.3. The molecule has 120 valence electrons. The second kappa shape index (κ2) is 11.6. The van der Waals surface area contributed by atoms with Crippen molar-refractivity contribution in [1.82, 2.24) is 15.3 Å². The van der Waals surface area contributed by atoms with Crippen molar-refractivity contribution in [2.45, 2.75) is 52.2 Å². The van der Waals surface area contributed by atoms with Crippen LogP contribution in [0.25, 0.3) is 0 Å². The first-order chi connectivity index (χ1) is 10.3. The third-order valence-corrected chi connectivity index (χ3v) is 3.54. The van der Waals surface area contributed by atoms with Gasteiger partial charge in [0.2, 0.25) is 0 Å². The van der Waals surface area contributed by atoms with E-state index in [2.05, 4.69) is 29.1 Å². The van der Waals surface area contributed by atoms with E-state index in [0.29, 0.717) is 25.6 Å². The zero-order chi connectivity index (χ0) is 15.3. The van der Waals surface area contributed by atoms with Gasteiger partial charge in [-0.1, -0.05) is 33.1 Å². The summed E-state index contributed by atoms with van der Waals surface area (Å²) in [6.07, 6.45) is 7.60. The average Bonchev–Trinajstić information content (AvgIpc) is 2.51. The summed E-state index contributed by atoms with van der Waals surface area (Å²) >= 11 is 0. The minimum atomic E-state index is -0.476. The van der Waals surface area contributed by atoms with E-state index < -0.39 is 6.10 Å². The van der Waals surface area contributed by atoms with Crippen molar-refractivity contribution in [3.63, 3.8) is 0 Å². The second-order valence-corrected chi connectivity index (χ2v) is 5.44. The van der Waals surface area contributed by atoms with Gasteiger partial charge in [0.05, 0.1) is 18.4 Å². The molecule has 2 N–H and O–H groups in total. The van der Waals surface area contributed by atoms with E-state index in [4.69, 9.17) is 4.74 Å². The Kier molecular flexibility index (Phi) is 9.95. The highest BCUT2D eigenvalue weighted by Gasteiger charge is 2.09. The number of aliphatic hydroxyl groups excluding tert-OH is 1. The van der Waals surface area contributed by atoms with E-state index in [1.54, 1.807) is 6.20 Å². The monoisotopic (exact) mass is 295 g/mol. The lowest BCUT2D eigenvalue weighted by Gasteiger charge is -2.17. The molecule has 2 atom stereocenters. The van der Waals surface area contributed by atoms with Crippen molar-refractivity contribution in [3.05, 3.63) is 24.3 Å². The Morgan fingerprint density at radius 2 is 2.19 bits per heavy atom. The summed E-state index contributed by atoms with van der Waals surface area (Å²) in [6.45, 7) is 6.69. The highest BCUT2D eigenvalue weighted by molar-refractivity contribution is 4.96. The molecule has 2 unspecified atom stereocenters. The highest BCUT2D eigenvalue weighted by Crippen LogP contribution is 2.12. The van der Waals surface area contributed by atoms with Crippen molar-refractivity contribution < 1.29 is 9.84 Å². The van der Waals surface area contributed by atoms with Crippen molar-refractivity contribution in [3.8, 4) is 0 Å². The standard InChI is InChI=1S/C16H29N3O2/c1-3-5-6-14(4-2)11-21-12-16(20)10-18-9-15-7-8-17-13-19-15/h7-8,13-14,16,18,20H,3-6,9-12H2,1-2H3. The van der Waals surface area contributed by atoms with Crippen LogP contribution in [-0.4, -0.2) is 40.9 Å². The fourth-order valence-corrected chi connectivity index (χ4v) is 2.12. The van der Waals surface area contributed by atoms with Crippen LogP contribution in [-0.2, 0) is 11.3 Å². The van der Waals surface area contributed by atoms with Gasteiger partial charge >= 0.3 is 0 Å². The Hall–Kier alpha value is -1.04. The summed E-state index contributed by atoms with van der Waals surface area (Å²) in [4.78, 5) is 7.98. The molecule has 5 heteroatoms. The molecule has 0 aliphatic rings. The molecule has 1 rings (SSSR count). The lowest BCUT2D eigenvalue weighted by molar-refractivity contribution is 0.0192. The van der Waals surface area contributed by atoms with Gasteiger partial charge in [0, 0.05) is 25.9 Å². The Bertz CT molecular complexity index is 349. The second-order valence-electron chi connectivity index (χ2n) is 5.44. The quantitative estimate of drug-likeness (QED) is 0.618. The molecule has 1 aromatic rings. The molecule has 0 spiro atoms. The molecule has 0 fully saturated rings. The minimum absolute atomic E-state index is 0.388. The molecule has 5 nitrogen and oxygen atoms in total. The summed E-state index contributed by atoms with van der Waals surface area (Å²) in [6, 6.07) is 1.86. The van der Waals surface area contributed by atoms with Crippen LogP contribution in [0.2, 0.25) is 0 Å². The number of unbranched alkanes of at least 4 members (excludes halogenated alkanes) is 1. The van der Waals surface area contributed by atoms with Gasteiger partial charge < -0.3 is 15.2 Å². The number of hydrogen-bond acceptors (Lipinski definition) is 5. The molecule has 0 amide bonds. The molecule has 0 radical (unpaired) electrons. The molecule has 1 heterocycles. The smallest absolute Gasteiger partial charge is 0.115 e. The molecule has 21 heavy (non-hydrogen) atoms. The van der Waals surface area contributed by atoms with Crippen LogP contribution in [0, 0.1) is 5.92 Å². The first-order valence-electron chi connectivity index (χ1n) is 7.97. The van der Waals surface area contributed by atoms with Crippen LogP contribution in [0.4, 0.5) is 0 Å². The van der Waals surface area contributed by atoms with E-state index in [-0.39, 0.29) is 0 Å². The SMILES string of the molecule is CCCCC(CC)COCC(O)CNCc1ccncn1. The number of nitrogens with one attached hydrogen (secondary N) is 1. The fourth-order valence-electron chi connectivity index (χ4n) is 2.12. The van der Waals surface area contributed by atoms with Gasteiger partial charge in [-0.2, -0.15) is 0 Å². The average molecular weight is 295 g/mol. The Morgan fingerprint density at radius 3 is 2.86 bits per heavy atom. The molecule has 0 saturated carbocycles. The van der Waals surface area contributed by atoms with E-state index in [9.17, 15) is 5.11 Å². The van der Waals surface area contributed by atoms with Crippen LogP contribution in [0.1, 0.15) is 45.2 Å². The summed E-state index contributed by atoms with van der Waals surface area (Å²) < 4.78 is 5.63. The summed E-state index contributed by atoms with van der Waals surface area (Å²) in [7, 11) is 0. The van der Waals surface area contributed by atoms with Crippen molar-refractivity contribution >= 4 is 0 Å². The fraction of sp³-hybridized carbons (Fsp3) is 0.750. The van der Waals surface area contributed by atoms with Crippen molar-refractivity contribution in [2.75, 3.05) is 19.8 Å². The van der Waals surface area contributed by atoms with Gasteiger partial charge in [0.1, 0.15) is 6.33 Å². The van der Waals surface area contributed by atoms with Crippen molar-refractivity contribution in [2.24, 2.45) is 5.92 Å². The molecular weight excluding hydrogens is 266 g/mol. The summed E-state index contributed by atoms with van der Waals surface area (Å²) in [5, 5.41) is 13.0. The summed E-state index contributed by atoms with van der Waals surface area (Å²) in [5.41, 5.74) is 0.920. The minimum Gasteiger partial charge on any atom is -0.389 e. The zero-order valence-corrected chi connectivity index (χ0v) is 13.3. The number of aliphatic hydroxyl groups is 1. The molecule has 0 bridgehead atoms. The Labute approximate surface area is 128 Å².